The Morgan fingerprint density at radius 1 is 1.10 bits per heavy atom. The van der Waals surface area contributed by atoms with Crippen LogP contribution in [0.1, 0.15) is 18.1 Å². The van der Waals surface area contributed by atoms with E-state index in [1.807, 2.05) is 56.4 Å². The van der Waals surface area contributed by atoms with Crippen LogP contribution in [0, 0.1) is 6.92 Å². The van der Waals surface area contributed by atoms with Crippen LogP contribution in [0.5, 0.6) is 0 Å². The van der Waals surface area contributed by atoms with Crippen LogP contribution >= 0.6 is 0 Å². The summed E-state index contributed by atoms with van der Waals surface area (Å²) < 4.78 is 0. The van der Waals surface area contributed by atoms with Gasteiger partial charge in [0.1, 0.15) is 0 Å². The number of hydrogen-bond donors (Lipinski definition) is 1. The highest BCUT2D eigenvalue weighted by molar-refractivity contribution is 5.90. The lowest BCUT2D eigenvalue weighted by Gasteiger charge is -2.25. The van der Waals surface area contributed by atoms with Gasteiger partial charge in [-0.15, -0.1) is 0 Å². The number of carbonyl (C=O) groups excluding carboxylic acids is 1. The van der Waals surface area contributed by atoms with E-state index in [-0.39, 0.29) is 12.1 Å². The quantitative estimate of drug-likeness (QED) is 0.900. The van der Waals surface area contributed by atoms with Gasteiger partial charge in [-0.3, -0.25) is 0 Å². The van der Waals surface area contributed by atoms with E-state index in [4.69, 9.17) is 0 Å². The second kappa shape index (κ2) is 6.93. The standard InChI is InChI=1S/C18H22N2O/c1-14-9-7-8-12-17(14)19-18(21)20(3)15(2)13-16-10-5-4-6-11-16/h4-12,15H,13H2,1-3H3,(H,19,21). The van der Waals surface area contributed by atoms with Crippen molar-refractivity contribution in [1.82, 2.24) is 4.90 Å². The van der Waals surface area contributed by atoms with Crippen LogP contribution in [0.3, 0.4) is 0 Å². The molecular weight excluding hydrogens is 260 g/mol. The number of nitrogens with zero attached hydrogens (tertiary/aromatic N) is 1. The number of para-hydroxylation sites is 1. The highest BCUT2D eigenvalue weighted by atomic mass is 16.2. The summed E-state index contributed by atoms with van der Waals surface area (Å²) >= 11 is 0. The number of nitrogens with one attached hydrogen (secondary N) is 1. The van der Waals surface area contributed by atoms with Crippen LogP contribution in [0.4, 0.5) is 10.5 Å². The summed E-state index contributed by atoms with van der Waals surface area (Å²) in [6, 6.07) is 18.1. The Labute approximate surface area is 126 Å². The van der Waals surface area contributed by atoms with E-state index < -0.39 is 0 Å². The lowest BCUT2D eigenvalue weighted by atomic mass is 10.1. The molecule has 1 unspecified atom stereocenters. The van der Waals surface area contributed by atoms with E-state index in [0.717, 1.165) is 17.7 Å². The zero-order chi connectivity index (χ0) is 15.2. The Balaban J connectivity index is 1.97. The second-order valence-corrected chi connectivity index (χ2v) is 5.39. The van der Waals surface area contributed by atoms with Gasteiger partial charge in [-0.25, -0.2) is 4.79 Å². The Hall–Kier alpha value is -2.29. The molecule has 0 fully saturated rings. The third-order valence-corrected chi connectivity index (χ3v) is 3.74. The van der Waals surface area contributed by atoms with E-state index in [1.54, 1.807) is 4.90 Å². The van der Waals surface area contributed by atoms with Gasteiger partial charge in [0.15, 0.2) is 0 Å². The van der Waals surface area contributed by atoms with Crippen LogP contribution in [0.15, 0.2) is 54.6 Å². The first-order valence-electron chi connectivity index (χ1n) is 7.21. The van der Waals surface area contributed by atoms with Gasteiger partial charge in [-0.05, 0) is 37.5 Å². The first-order valence-corrected chi connectivity index (χ1v) is 7.21. The molecule has 0 saturated carbocycles. The Bertz CT molecular complexity index is 595. The van der Waals surface area contributed by atoms with E-state index in [9.17, 15) is 4.79 Å². The van der Waals surface area contributed by atoms with Crippen molar-refractivity contribution in [3.05, 3.63) is 65.7 Å². The molecule has 3 nitrogen and oxygen atoms in total. The molecule has 0 saturated heterocycles. The number of aryl methyl sites for hydroxylation is 1. The summed E-state index contributed by atoms with van der Waals surface area (Å²) in [4.78, 5) is 14.1. The molecule has 0 aliphatic heterocycles. The molecule has 110 valence electrons. The van der Waals surface area contributed by atoms with Gasteiger partial charge in [-0.2, -0.15) is 0 Å². The van der Waals surface area contributed by atoms with Crippen molar-refractivity contribution >= 4 is 11.7 Å². The van der Waals surface area contributed by atoms with Crippen molar-refractivity contribution in [2.24, 2.45) is 0 Å². The van der Waals surface area contributed by atoms with Crippen LogP contribution in [0.2, 0.25) is 0 Å². The highest BCUT2D eigenvalue weighted by Crippen LogP contribution is 2.15. The maximum atomic E-state index is 12.3. The normalized spacial score (nSPS) is 11.8. The summed E-state index contributed by atoms with van der Waals surface area (Å²) in [5.41, 5.74) is 3.16. The van der Waals surface area contributed by atoms with Gasteiger partial charge >= 0.3 is 6.03 Å². The number of amides is 2. The number of benzene rings is 2. The minimum atomic E-state index is -0.0762. The maximum absolute atomic E-state index is 12.3. The van der Waals surface area contributed by atoms with Gasteiger partial charge in [0, 0.05) is 18.8 Å². The number of hydrogen-bond acceptors (Lipinski definition) is 1. The summed E-state index contributed by atoms with van der Waals surface area (Å²) in [5, 5.41) is 2.96. The molecule has 2 rings (SSSR count). The largest absolute Gasteiger partial charge is 0.325 e. The smallest absolute Gasteiger partial charge is 0.321 e. The second-order valence-electron chi connectivity index (χ2n) is 5.39. The average molecular weight is 282 g/mol. The third kappa shape index (κ3) is 4.09. The molecule has 21 heavy (non-hydrogen) atoms. The van der Waals surface area contributed by atoms with Gasteiger partial charge in [-0.1, -0.05) is 48.5 Å². The summed E-state index contributed by atoms with van der Waals surface area (Å²) in [7, 11) is 1.83. The molecule has 2 aromatic carbocycles. The van der Waals surface area contributed by atoms with Crippen molar-refractivity contribution in [3.8, 4) is 0 Å². The fraction of sp³-hybridized carbons (Fsp3) is 0.278. The summed E-state index contributed by atoms with van der Waals surface area (Å²) in [5.74, 6) is 0. The minimum Gasteiger partial charge on any atom is -0.325 e. The zero-order valence-electron chi connectivity index (χ0n) is 12.8. The third-order valence-electron chi connectivity index (χ3n) is 3.74. The summed E-state index contributed by atoms with van der Waals surface area (Å²) in [6.07, 6.45) is 0.846. The minimum absolute atomic E-state index is 0.0762. The lowest BCUT2D eigenvalue weighted by molar-refractivity contribution is 0.207. The van der Waals surface area contributed by atoms with Crippen molar-refractivity contribution in [2.45, 2.75) is 26.3 Å². The van der Waals surface area contributed by atoms with E-state index in [1.165, 1.54) is 5.56 Å². The van der Waals surface area contributed by atoms with Gasteiger partial charge in [0.25, 0.3) is 0 Å². The topological polar surface area (TPSA) is 32.3 Å². The molecule has 0 heterocycles. The predicted octanol–water partition coefficient (Wildman–Crippen LogP) is 4.09. The monoisotopic (exact) mass is 282 g/mol. The van der Waals surface area contributed by atoms with E-state index >= 15 is 0 Å². The SMILES string of the molecule is Cc1ccccc1NC(=O)N(C)C(C)Cc1ccccc1. The molecule has 0 bridgehead atoms. The van der Waals surface area contributed by atoms with Gasteiger partial charge in [0.05, 0.1) is 0 Å². The molecule has 3 heteroatoms. The molecule has 2 amide bonds. The summed E-state index contributed by atoms with van der Waals surface area (Å²) in [6.45, 7) is 4.05. The number of likely N-dealkylation sites (N-methyl/N-ethyl adjacent to an activating group) is 1. The number of anilines is 1. The van der Waals surface area contributed by atoms with Crippen molar-refractivity contribution in [2.75, 3.05) is 12.4 Å². The zero-order valence-corrected chi connectivity index (χ0v) is 12.8. The first-order chi connectivity index (χ1) is 10.1. The molecule has 2 aromatic rings. The average Bonchev–Trinajstić information content (AvgIpc) is 2.49. The maximum Gasteiger partial charge on any atom is 0.321 e. The van der Waals surface area contributed by atoms with Crippen molar-refractivity contribution in [3.63, 3.8) is 0 Å². The molecule has 1 N–H and O–H groups in total. The molecule has 0 aliphatic carbocycles. The number of carbonyl (C=O) groups is 1. The predicted molar refractivity (Wildman–Crippen MR) is 87.6 cm³/mol. The number of urea groups is 1. The fourth-order valence-corrected chi connectivity index (χ4v) is 2.21. The Morgan fingerprint density at radius 3 is 2.38 bits per heavy atom. The van der Waals surface area contributed by atoms with Crippen LogP contribution in [0.25, 0.3) is 0 Å². The number of rotatable bonds is 4. The van der Waals surface area contributed by atoms with Crippen LogP contribution in [-0.4, -0.2) is 24.0 Å². The van der Waals surface area contributed by atoms with E-state index in [2.05, 4.69) is 24.4 Å². The molecule has 0 spiro atoms. The van der Waals surface area contributed by atoms with Crippen molar-refractivity contribution in [1.29, 1.82) is 0 Å². The van der Waals surface area contributed by atoms with Crippen LogP contribution in [-0.2, 0) is 6.42 Å². The van der Waals surface area contributed by atoms with Gasteiger partial charge in [0.2, 0.25) is 0 Å². The van der Waals surface area contributed by atoms with Crippen LogP contribution < -0.4 is 5.32 Å². The molecular formula is C18H22N2O. The molecule has 0 aromatic heterocycles. The lowest BCUT2D eigenvalue weighted by Crippen LogP contribution is -2.39. The molecule has 1 atom stereocenters. The van der Waals surface area contributed by atoms with Crippen molar-refractivity contribution < 1.29 is 4.79 Å². The Morgan fingerprint density at radius 2 is 1.71 bits per heavy atom. The molecule has 0 radical (unpaired) electrons. The molecule has 0 aliphatic rings. The first kappa shape index (κ1) is 15.1. The fourth-order valence-electron chi connectivity index (χ4n) is 2.21. The van der Waals surface area contributed by atoms with Gasteiger partial charge < -0.3 is 10.2 Å². The highest BCUT2D eigenvalue weighted by Gasteiger charge is 2.16. The Kier molecular flexibility index (Phi) is 4.99. The van der Waals surface area contributed by atoms with E-state index in [0.29, 0.717) is 0 Å².